The van der Waals surface area contributed by atoms with E-state index in [1.807, 2.05) is 86.6 Å². The van der Waals surface area contributed by atoms with Gasteiger partial charge in [0.1, 0.15) is 10.6 Å². The van der Waals surface area contributed by atoms with Gasteiger partial charge in [0.2, 0.25) is 15.9 Å². The van der Waals surface area contributed by atoms with Crippen molar-refractivity contribution in [2.24, 2.45) is 23.7 Å². The molecule has 4 saturated heterocycles. The molecule has 12 rings (SSSR count). The van der Waals surface area contributed by atoms with Crippen LogP contribution in [0.15, 0.2) is 181 Å². The Morgan fingerprint density at radius 2 is 0.695 bits per heavy atom. The Labute approximate surface area is 856 Å². The van der Waals surface area contributed by atoms with Gasteiger partial charge in [-0.05, 0) is 235 Å². The van der Waals surface area contributed by atoms with Crippen LogP contribution in [0.3, 0.4) is 0 Å². The molecule has 4 aliphatic rings. The number of amides is 7. The van der Waals surface area contributed by atoms with Gasteiger partial charge in [-0.3, -0.25) is 33.6 Å². The number of benzene rings is 8. The van der Waals surface area contributed by atoms with Gasteiger partial charge in [0, 0.05) is 144 Å². The second-order valence-electron chi connectivity index (χ2n) is 37.9. The number of aryl methyl sites for hydroxylation is 2. The second-order valence-corrected chi connectivity index (χ2v) is 42.2. The molecular weight excluding hydrogens is 1960 g/mol. The van der Waals surface area contributed by atoms with Crippen LogP contribution >= 0.6 is 69.6 Å². The number of nitrogens with one attached hydrogen (secondary N) is 2. The number of anilines is 2. The monoisotopic (exact) mass is 2090 g/mol. The molecule has 141 heavy (non-hydrogen) atoms. The van der Waals surface area contributed by atoms with Crippen molar-refractivity contribution < 1.29 is 83.3 Å². The first-order valence-electron chi connectivity index (χ1n) is 47.8. The minimum atomic E-state index is -5.19. The summed E-state index contributed by atoms with van der Waals surface area (Å²) in [7, 11) is 11.1. The molecule has 8 aromatic rings. The number of halogens is 12. The average molecular weight is 2100 g/mol. The van der Waals surface area contributed by atoms with Crippen molar-refractivity contribution in [1.82, 2.24) is 38.6 Å². The van der Waals surface area contributed by atoms with Crippen LogP contribution in [0.25, 0.3) is 0 Å². The average Bonchev–Trinajstić information content (AvgIpc) is 0.750. The van der Waals surface area contributed by atoms with E-state index in [1.54, 1.807) is 110 Å². The molecule has 0 saturated carbocycles. The van der Waals surface area contributed by atoms with Gasteiger partial charge in [-0.25, -0.2) is 8.42 Å². The Morgan fingerprint density at radius 3 is 1.06 bits per heavy atom. The van der Waals surface area contributed by atoms with E-state index < -0.39 is 61.9 Å². The number of carbonyl (C=O) groups is 7. The number of aliphatic hydroxyl groups is 2. The molecule has 0 spiro atoms. The molecular formula is C106H132Cl6F6N10O12S. The maximum absolute atomic E-state index is 14.0. The van der Waals surface area contributed by atoms with E-state index >= 15 is 0 Å². The smallest absolute Gasteiger partial charge is 0.430 e. The van der Waals surface area contributed by atoms with Gasteiger partial charge >= 0.3 is 12.4 Å². The maximum atomic E-state index is 14.0. The lowest BCUT2D eigenvalue weighted by atomic mass is 9.82. The zero-order valence-corrected chi connectivity index (χ0v) is 87.3. The Morgan fingerprint density at radius 1 is 0.376 bits per heavy atom. The van der Waals surface area contributed by atoms with E-state index in [-0.39, 0.29) is 82.3 Å². The van der Waals surface area contributed by atoms with E-state index in [1.165, 1.54) is 74.9 Å². The normalized spacial score (nSPS) is 15.7. The lowest BCUT2D eigenvalue weighted by molar-refractivity contribution is -0.263. The van der Waals surface area contributed by atoms with Crippen molar-refractivity contribution in [3.8, 4) is 5.75 Å². The number of ether oxygens (including phenoxy) is 1. The number of likely N-dealkylation sites (tertiary alicyclic amines) is 3. The lowest BCUT2D eigenvalue weighted by Gasteiger charge is -2.38. The highest BCUT2D eigenvalue weighted by Crippen LogP contribution is 2.45. The third kappa shape index (κ3) is 31.1. The first-order valence-corrected chi connectivity index (χ1v) is 51.5. The van der Waals surface area contributed by atoms with Gasteiger partial charge in [0.15, 0.2) is 0 Å². The molecule has 0 unspecified atom stereocenters. The molecule has 2 atom stereocenters. The van der Waals surface area contributed by atoms with E-state index in [4.69, 9.17) is 74.3 Å². The standard InChI is InChI=1S/C28H35ClF3N3O4.C28H37ClN2O2.C27H32ClF3N2O3.C23H28Cl3N3O3S/c1-34(2)25(36)23-11-10-21(18-24(23)29)33-14-5-4-7-19-12-15-35(16-13-19)26(37)27(38,28(30,31)32)20-8-6-9-22(17-20)39-3;1-28(2,23-12-6-5-7-13-23)27(33)31-18-16-21(17-19-31)10-8-9-11-22-14-15-24(25(29)20-22)26(32)30(3)4;1-32(2)24(34)22-13-12-20(18-23(22)28)9-7-6-8-19-14-16-33(17-15-19)25(35)26(36,27(29,30)31)21-10-4-3-5-11-21;1-28(2)23(30)18-9-8-17(15-21(18)26)27-12-4-5-16-10-13-29(14-11-16)33(31,32)22-19(24)6-3-7-20(22)25/h6,8-11,17-19,33,38H,4-5,7,12-16H2,1-3H3;5-7,12-15,20-21H,8-11,16-19H2,1-4H3;3-5,10-13,18-19,36H,6-9,14-17H2,1-2H3;3,6-9,15-16,27H,4-5,10-14H2,1-2H3/t27-;;26-;/m1.0./s1. The van der Waals surface area contributed by atoms with Crippen LogP contribution in [-0.4, -0.2) is 240 Å². The largest absolute Gasteiger partial charge is 0.497 e. The second kappa shape index (κ2) is 52.9. The zero-order valence-electron chi connectivity index (χ0n) is 82.0. The third-order valence-electron chi connectivity index (χ3n) is 26.6. The summed E-state index contributed by atoms with van der Waals surface area (Å²) >= 11 is 37.4. The van der Waals surface area contributed by atoms with Crippen LogP contribution in [0.2, 0.25) is 30.1 Å². The van der Waals surface area contributed by atoms with E-state index in [0.29, 0.717) is 105 Å². The van der Waals surface area contributed by atoms with Gasteiger partial charge in [-0.15, -0.1) is 0 Å². The van der Waals surface area contributed by atoms with Crippen molar-refractivity contribution >= 4 is 132 Å². The topological polar surface area (TPSA) is 253 Å². The SMILES string of the molecule is CN(C)C(=O)c1ccc(CCCCC2CCN(C(=O)C(C)(C)c3ccccc3)CC2)cc1Cl.CN(C)C(=O)c1ccc(CCCCC2CCN(C(=O)[C@@](O)(c3ccccc3)C(F)(F)F)CC2)cc1Cl.CN(C)C(=O)c1ccc(NCCCC2CCN(S(=O)(=O)c3c(Cl)cccc3Cl)CC2)cc1Cl.COc1cccc([C@@](O)(C(=O)N2CCC(CCCCNc3ccc(C(=O)N(C)C)c(Cl)c3)CC2)C(F)(F)F)c1. The number of unbranched alkanes of at least 4 members (excludes halogenated alkanes) is 3. The number of rotatable bonds is 34. The summed E-state index contributed by atoms with van der Waals surface area (Å²) in [6, 6.07) is 48.0. The highest BCUT2D eigenvalue weighted by Gasteiger charge is 2.63. The third-order valence-corrected chi connectivity index (χ3v) is 30.7. The van der Waals surface area contributed by atoms with Gasteiger partial charge in [-0.2, -0.15) is 30.6 Å². The highest BCUT2D eigenvalue weighted by atomic mass is 35.5. The molecule has 4 heterocycles. The summed E-state index contributed by atoms with van der Waals surface area (Å²) in [5.74, 6) is -1.06. The van der Waals surface area contributed by atoms with E-state index in [0.717, 1.165) is 173 Å². The molecule has 7 amide bonds. The molecule has 0 aliphatic carbocycles. The molecule has 0 aromatic heterocycles. The van der Waals surface area contributed by atoms with Gasteiger partial charge in [-0.1, -0.05) is 199 Å². The quantitative estimate of drug-likeness (QED) is 0.0216. The van der Waals surface area contributed by atoms with Crippen molar-refractivity contribution in [2.45, 2.75) is 183 Å². The van der Waals surface area contributed by atoms with Crippen LogP contribution in [0.4, 0.5) is 37.7 Å². The van der Waals surface area contributed by atoms with Gasteiger partial charge in [0.05, 0.1) is 64.9 Å². The number of methoxy groups -OCH3 is 1. The van der Waals surface area contributed by atoms with Crippen molar-refractivity contribution in [3.05, 3.63) is 256 Å². The van der Waals surface area contributed by atoms with Gasteiger partial charge in [0.25, 0.3) is 46.6 Å². The highest BCUT2D eigenvalue weighted by molar-refractivity contribution is 7.89. The lowest BCUT2D eigenvalue weighted by Crippen LogP contribution is -2.57. The van der Waals surface area contributed by atoms with Crippen molar-refractivity contribution in [3.63, 3.8) is 0 Å². The maximum Gasteiger partial charge on any atom is 0.430 e. The Bertz CT molecular complexity index is 5600. The first kappa shape index (κ1) is 115. The molecule has 22 nitrogen and oxygen atoms in total. The number of sulfonamides is 1. The molecule has 35 heteroatoms. The van der Waals surface area contributed by atoms with Crippen LogP contribution in [0, 0.1) is 23.7 Å². The van der Waals surface area contributed by atoms with Crippen LogP contribution in [-0.2, 0) is 53.9 Å². The van der Waals surface area contributed by atoms with Crippen molar-refractivity contribution in [2.75, 3.05) is 140 Å². The molecule has 4 aliphatic heterocycles. The number of nitrogens with zero attached hydrogens (tertiary/aromatic N) is 8. The Balaban J connectivity index is 0.000000210. The number of carbonyl (C=O) groups excluding carboxylic acids is 7. The summed E-state index contributed by atoms with van der Waals surface area (Å²) in [6.45, 7) is 8.85. The minimum Gasteiger partial charge on any atom is -0.497 e. The van der Waals surface area contributed by atoms with Crippen LogP contribution in [0.1, 0.15) is 205 Å². The van der Waals surface area contributed by atoms with Crippen LogP contribution < -0.4 is 15.4 Å². The molecule has 4 N–H and O–H groups in total. The fourth-order valence-corrected chi connectivity index (χ4v) is 21.7. The Hall–Kier alpha value is -9.40. The van der Waals surface area contributed by atoms with Crippen molar-refractivity contribution in [1.29, 1.82) is 0 Å². The number of alkyl halides is 6. The summed E-state index contributed by atoms with van der Waals surface area (Å²) in [6.07, 6.45) is 8.45. The summed E-state index contributed by atoms with van der Waals surface area (Å²) in [5.41, 5.74) is -1.77. The molecule has 8 aromatic carbocycles. The number of piperidine rings is 4. The number of hydrogen-bond donors (Lipinski definition) is 4. The summed E-state index contributed by atoms with van der Waals surface area (Å²) < 4.78 is 116. The molecule has 4 fully saturated rings. The van der Waals surface area contributed by atoms with Crippen LogP contribution in [0.5, 0.6) is 5.75 Å². The minimum absolute atomic E-state index is 0.00653. The summed E-state index contributed by atoms with van der Waals surface area (Å²) in [5, 5.41) is 29.9. The number of hydrogen-bond acceptors (Lipinski definition) is 14. The van der Waals surface area contributed by atoms with E-state index in [2.05, 4.69) is 15.5 Å². The molecule has 0 bridgehead atoms. The molecule has 0 radical (unpaired) electrons. The zero-order chi connectivity index (χ0) is 103. The predicted molar refractivity (Wildman–Crippen MR) is 548 cm³/mol. The van der Waals surface area contributed by atoms with Gasteiger partial charge < -0.3 is 59.9 Å². The fourth-order valence-electron chi connectivity index (χ4n) is 18.0. The fraction of sp³-hybridized carbons (Fsp3) is 0.481. The Kier molecular flexibility index (Phi) is 43.2. The molecule has 768 valence electrons. The summed E-state index contributed by atoms with van der Waals surface area (Å²) in [4.78, 5) is 97.7. The predicted octanol–water partition coefficient (Wildman–Crippen LogP) is 22.4. The van der Waals surface area contributed by atoms with E-state index in [9.17, 15) is 78.5 Å². The first-order chi connectivity index (χ1) is 66.6.